The molecule has 2 N–H and O–H groups in total. The summed E-state index contributed by atoms with van der Waals surface area (Å²) in [6.45, 7) is 6.71. The highest BCUT2D eigenvalue weighted by Gasteiger charge is 2.56. The Hall–Kier alpha value is -1.20. The molecule has 21 heavy (non-hydrogen) atoms. The first-order valence-electron chi connectivity index (χ1n) is 7.43. The smallest absolute Gasteiger partial charge is 0.302 e. The lowest BCUT2D eigenvalue weighted by atomic mass is 9.53. The molecular formula is C16H24O5. The number of carbonyl (C=O) groups is 2. The van der Waals surface area contributed by atoms with Crippen LogP contribution in [0.1, 0.15) is 40.5 Å². The van der Waals surface area contributed by atoms with Crippen molar-refractivity contribution >= 4 is 11.8 Å². The molecule has 0 aliphatic heterocycles. The Balaban J connectivity index is 2.50. The van der Waals surface area contributed by atoms with Gasteiger partial charge in [-0.05, 0) is 24.8 Å². The maximum atomic E-state index is 12.2. The van der Waals surface area contributed by atoms with Gasteiger partial charge >= 0.3 is 5.97 Å². The van der Waals surface area contributed by atoms with E-state index < -0.39 is 35.6 Å². The number of Topliss-reactive ketones (excluding diaryl/α,β-unsaturated/α-hetero) is 1. The van der Waals surface area contributed by atoms with E-state index in [1.54, 1.807) is 6.08 Å². The van der Waals surface area contributed by atoms with Crippen LogP contribution in [0.4, 0.5) is 0 Å². The average molecular weight is 296 g/mol. The minimum atomic E-state index is -0.799. The first kappa shape index (κ1) is 16.2. The van der Waals surface area contributed by atoms with Gasteiger partial charge in [-0.3, -0.25) is 9.59 Å². The van der Waals surface area contributed by atoms with Crippen molar-refractivity contribution in [1.82, 2.24) is 0 Å². The van der Waals surface area contributed by atoms with Crippen LogP contribution in [0.3, 0.4) is 0 Å². The molecule has 2 aliphatic rings. The SMILES string of the molecule is CC(=O)O[C@H]1C[C@H](O)C2=C[C@@H](O)C[C@H](C)[C@@]2(C)[C@H]1C(C)=O. The number of ketones is 1. The van der Waals surface area contributed by atoms with E-state index in [9.17, 15) is 19.8 Å². The van der Waals surface area contributed by atoms with Gasteiger partial charge < -0.3 is 14.9 Å². The van der Waals surface area contributed by atoms with Crippen LogP contribution in [0.5, 0.6) is 0 Å². The lowest BCUT2D eigenvalue weighted by Crippen LogP contribution is -2.56. The number of ether oxygens (including phenoxy) is 1. The summed E-state index contributed by atoms with van der Waals surface area (Å²) in [5.74, 6) is -0.976. The predicted molar refractivity (Wildman–Crippen MR) is 76.3 cm³/mol. The van der Waals surface area contributed by atoms with Gasteiger partial charge in [-0.25, -0.2) is 0 Å². The Morgan fingerprint density at radius 1 is 1.29 bits per heavy atom. The molecule has 2 aliphatic carbocycles. The van der Waals surface area contributed by atoms with E-state index in [1.165, 1.54) is 13.8 Å². The molecule has 1 fully saturated rings. The fraction of sp³-hybridized carbons (Fsp3) is 0.750. The highest BCUT2D eigenvalue weighted by molar-refractivity contribution is 5.81. The van der Waals surface area contributed by atoms with Crippen molar-refractivity contribution in [2.24, 2.45) is 17.3 Å². The zero-order valence-corrected chi connectivity index (χ0v) is 13.0. The van der Waals surface area contributed by atoms with Crippen LogP contribution >= 0.6 is 0 Å². The summed E-state index contributed by atoms with van der Waals surface area (Å²) in [4.78, 5) is 23.5. The molecular weight excluding hydrogens is 272 g/mol. The average Bonchev–Trinajstić information content (AvgIpc) is 2.31. The number of carbonyl (C=O) groups excluding carboxylic acids is 2. The summed E-state index contributed by atoms with van der Waals surface area (Å²) in [6.07, 6.45) is 0.385. The lowest BCUT2D eigenvalue weighted by Gasteiger charge is -2.53. The number of hydrogen-bond donors (Lipinski definition) is 2. The van der Waals surface area contributed by atoms with Gasteiger partial charge in [0.05, 0.1) is 18.1 Å². The molecule has 5 heteroatoms. The second-order valence-corrected chi connectivity index (χ2v) is 6.60. The number of fused-ring (bicyclic) bond motifs is 1. The van der Waals surface area contributed by atoms with Crippen molar-refractivity contribution in [3.63, 3.8) is 0 Å². The molecule has 0 amide bonds. The zero-order valence-electron chi connectivity index (χ0n) is 13.0. The predicted octanol–water partition coefficient (Wildman–Crippen LogP) is 1.22. The Labute approximate surface area is 125 Å². The fourth-order valence-electron chi connectivity index (χ4n) is 4.19. The van der Waals surface area contributed by atoms with E-state index in [2.05, 4.69) is 0 Å². The quantitative estimate of drug-likeness (QED) is 0.591. The third-order valence-electron chi connectivity index (χ3n) is 5.20. The van der Waals surface area contributed by atoms with Gasteiger partial charge in [-0.1, -0.05) is 19.9 Å². The Morgan fingerprint density at radius 2 is 1.90 bits per heavy atom. The second-order valence-electron chi connectivity index (χ2n) is 6.60. The number of aliphatic hydroxyl groups is 2. The van der Waals surface area contributed by atoms with Crippen LogP contribution in [-0.2, 0) is 14.3 Å². The molecule has 6 atom stereocenters. The van der Waals surface area contributed by atoms with Crippen molar-refractivity contribution < 1.29 is 24.5 Å². The molecule has 0 saturated heterocycles. The van der Waals surface area contributed by atoms with Crippen LogP contribution in [0.2, 0.25) is 0 Å². The molecule has 0 aromatic carbocycles. The molecule has 0 spiro atoms. The minimum Gasteiger partial charge on any atom is -0.462 e. The number of hydrogen-bond acceptors (Lipinski definition) is 5. The van der Waals surface area contributed by atoms with Gasteiger partial charge in [0.1, 0.15) is 11.9 Å². The van der Waals surface area contributed by atoms with E-state index >= 15 is 0 Å². The van der Waals surface area contributed by atoms with Crippen LogP contribution in [0, 0.1) is 17.3 Å². The van der Waals surface area contributed by atoms with E-state index in [0.29, 0.717) is 12.0 Å². The van der Waals surface area contributed by atoms with Gasteiger partial charge in [0, 0.05) is 18.8 Å². The van der Waals surface area contributed by atoms with Crippen LogP contribution in [0.15, 0.2) is 11.6 Å². The summed E-state index contributed by atoms with van der Waals surface area (Å²) in [6, 6.07) is 0. The Morgan fingerprint density at radius 3 is 2.43 bits per heavy atom. The van der Waals surface area contributed by atoms with Crippen LogP contribution in [0.25, 0.3) is 0 Å². The van der Waals surface area contributed by atoms with Crippen molar-refractivity contribution in [2.45, 2.75) is 58.8 Å². The van der Waals surface area contributed by atoms with Crippen molar-refractivity contribution in [3.8, 4) is 0 Å². The van der Waals surface area contributed by atoms with E-state index in [1.807, 2.05) is 13.8 Å². The van der Waals surface area contributed by atoms with Gasteiger partial charge in [-0.15, -0.1) is 0 Å². The second kappa shape index (κ2) is 5.54. The third-order valence-corrected chi connectivity index (χ3v) is 5.20. The molecule has 5 nitrogen and oxygen atoms in total. The molecule has 0 aromatic heterocycles. The highest BCUT2D eigenvalue weighted by atomic mass is 16.5. The molecule has 0 radical (unpaired) electrons. The van der Waals surface area contributed by atoms with Crippen LogP contribution < -0.4 is 0 Å². The van der Waals surface area contributed by atoms with Crippen molar-refractivity contribution in [1.29, 1.82) is 0 Å². The van der Waals surface area contributed by atoms with Gasteiger partial charge in [0.2, 0.25) is 0 Å². The standard InChI is InChI=1S/C16H24O5/c1-8-5-11(19)6-12-13(20)7-14(21-10(3)18)15(9(2)17)16(8,12)4/h6,8,11,13-15,19-20H,5,7H2,1-4H3/t8-,11-,13-,14-,15-,16+/m0/s1. The van der Waals surface area contributed by atoms with Gasteiger partial charge in [0.15, 0.2) is 0 Å². The first-order valence-corrected chi connectivity index (χ1v) is 7.43. The number of rotatable bonds is 2. The summed E-state index contributed by atoms with van der Waals surface area (Å²) < 4.78 is 5.32. The fourth-order valence-corrected chi connectivity index (χ4v) is 4.19. The Bertz CT molecular complexity index is 483. The largest absolute Gasteiger partial charge is 0.462 e. The summed E-state index contributed by atoms with van der Waals surface area (Å²) in [5, 5.41) is 20.3. The topological polar surface area (TPSA) is 83.8 Å². The molecule has 0 bridgehead atoms. The van der Waals surface area contributed by atoms with E-state index in [-0.39, 0.29) is 18.1 Å². The van der Waals surface area contributed by atoms with Crippen LogP contribution in [-0.4, -0.2) is 40.3 Å². The Kier molecular flexibility index (Phi) is 4.26. The molecule has 0 unspecified atom stereocenters. The highest BCUT2D eigenvalue weighted by Crippen LogP contribution is 2.54. The summed E-state index contributed by atoms with van der Waals surface area (Å²) in [5.41, 5.74) is 0.111. The number of esters is 1. The van der Waals surface area contributed by atoms with Crippen molar-refractivity contribution in [3.05, 3.63) is 11.6 Å². The van der Waals surface area contributed by atoms with Crippen molar-refractivity contribution in [2.75, 3.05) is 0 Å². The maximum Gasteiger partial charge on any atom is 0.302 e. The van der Waals surface area contributed by atoms with Gasteiger partial charge in [0.25, 0.3) is 0 Å². The maximum absolute atomic E-state index is 12.2. The lowest BCUT2D eigenvalue weighted by molar-refractivity contribution is -0.163. The monoisotopic (exact) mass is 296 g/mol. The minimum absolute atomic E-state index is 0.00871. The zero-order chi connectivity index (χ0) is 15.9. The van der Waals surface area contributed by atoms with E-state index in [0.717, 1.165) is 0 Å². The number of aliphatic hydroxyl groups excluding tert-OH is 2. The molecule has 2 rings (SSSR count). The molecule has 118 valence electrons. The van der Waals surface area contributed by atoms with Gasteiger partial charge in [-0.2, -0.15) is 0 Å². The molecule has 0 heterocycles. The molecule has 1 saturated carbocycles. The molecule has 0 aromatic rings. The third kappa shape index (κ3) is 2.64. The normalized spacial score (nSPS) is 42.8. The summed E-state index contributed by atoms with van der Waals surface area (Å²) in [7, 11) is 0. The summed E-state index contributed by atoms with van der Waals surface area (Å²) >= 11 is 0. The van der Waals surface area contributed by atoms with E-state index in [4.69, 9.17) is 4.74 Å². The first-order chi connectivity index (χ1) is 9.67.